The molecular formula is C17H14F2N2O2. The van der Waals surface area contributed by atoms with Crippen LogP contribution in [-0.2, 0) is 6.42 Å². The lowest BCUT2D eigenvalue weighted by Gasteiger charge is -2.19. The van der Waals surface area contributed by atoms with E-state index in [2.05, 4.69) is 0 Å². The lowest BCUT2D eigenvalue weighted by atomic mass is 10.1. The SMILES string of the molecule is N[C@@H](Cc1cc(F)cc(F)c1)CN1C(=O)c2ccccc2C1=O. The second kappa shape index (κ2) is 5.89. The molecule has 118 valence electrons. The molecule has 1 aliphatic heterocycles. The number of amides is 2. The van der Waals surface area contributed by atoms with Crippen molar-refractivity contribution >= 4 is 11.8 Å². The van der Waals surface area contributed by atoms with Crippen molar-refractivity contribution in [3.05, 3.63) is 70.8 Å². The molecule has 2 N–H and O–H groups in total. The van der Waals surface area contributed by atoms with Crippen molar-refractivity contribution in [1.82, 2.24) is 4.90 Å². The van der Waals surface area contributed by atoms with E-state index in [1.165, 1.54) is 12.1 Å². The predicted octanol–water partition coefficient (Wildman–Crippen LogP) is 2.13. The third kappa shape index (κ3) is 2.98. The van der Waals surface area contributed by atoms with Crippen LogP contribution in [0.2, 0.25) is 0 Å². The molecule has 23 heavy (non-hydrogen) atoms. The van der Waals surface area contributed by atoms with E-state index in [1.54, 1.807) is 24.3 Å². The maximum absolute atomic E-state index is 13.2. The summed E-state index contributed by atoms with van der Waals surface area (Å²) >= 11 is 0. The maximum atomic E-state index is 13.2. The molecule has 1 aliphatic rings. The van der Waals surface area contributed by atoms with Crippen molar-refractivity contribution in [2.24, 2.45) is 5.73 Å². The Bertz CT molecular complexity index is 737. The van der Waals surface area contributed by atoms with Crippen LogP contribution in [0.4, 0.5) is 8.78 Å². The summed E-state index contributed by atoms with van der Waals surface area (Å²) in [7, 11) is 0. The Hall–Kier alpha value is -2.60. The molecule has 3 rings (SSSR count). The molecular weight excluding hydrogens is 302 g/mol. The van der Waals surface area contributed by atoms with Crippen LogP contribution in [0.3, 0.4) is 0 Å². The summed E-state index contributed by atoms with van der Waals surface area (Å²) in [5, 5.41) is 0. The highest BCUT2D eigenvalue weighted by atomic mass is 19.1. The normalized spacial score (nSPS) is 15.0. The van der Waals surface area contributed by atoms with Gasteiger partial charge >= 0.3 is 0 Å². The van der Waals surface area contributed by atoms with Gasteiger partial charge in [0.15, 0.2) is 0 Å². The quantitative estimate of drug-likeness (QED) is 0.879. The summed E-state index contributed by atoms with van der Waals surface area (Å²) in [5.41, 5.74) is 7.03. The number of carbonyl (C=O) groups excluding carboxylic acids is 2. The molecule has 0 aliphatic carbocycles. The first-order chi connectivity index (χ1) is 11.0. The number of hydrogen-bond donors (Lipinski definition) is 1. The first kappa shape index (κ1) is 15.3. The Morgan fingerprint density at radius 2 is 1.48 bits per heavy atom. The van der Waals surface area contributed by atoms with E-state index < -0.39 is 29.5 Å². The van der Waals surface area contributed by atoms with E-state index >= 15 is 0 Å². The van der Waals surface area contributed by atoms with Gasteiger partial charge in [0.1, 0.15) is 11.6 Å². The topological polar surface area (TPSA) is 63.4 Å². The van der Waals surface area contributed by atoms with Crippen LogP contribution in [0.1, 0.15) is 26.3 Å². The zero-order valence-electron chi connectivity index (χ0n) is 12.1. The summed E-state index contributed by atoms with van der Waals surface area (Å²) in [6.45, 7) is -0.00945. The molecule has 0 saturated carbocycles. The highest BCUT2D eigenvalue weighted by Gasteiger charge is 2.35. The van der Waals surface area contributed by atoms with Gasteiger partial charge in [-0.3, -0.25) is 14.5 Å². The second-order valence-electron chi connectivity index (χ2n) is 5.51. The Morgan fingerprint density at radius 3 is 2.00 bits per heavy atom. The number of benzene rings is 2. The summed E-state index contributed by atoms with van der Waals surface area (Å²) in [6.07, 6.45) is 0.155. The van der Waals surface area contributed by atoms with Gasteiger partial charge in [-0.15, -0.1) is 0 Å². The Balaban J connectivity index is 1.73. The van der Waals surface area contributed by atoms with E-state index in [1.807, 2.05) is 0 Å². The molecule has 0 saturated heterocycles. The average molecular weight is 316 g/mol. The Morgan fingerprint density at radius 1 is 0.957 bits per heavy atom. The molecule has 2 amide bonds. The standard InChI is InChI=1S/C17H14F2N2O2/c18-11-5-10(6-12(19)8-11)7-13(20)9-21-16(22)14-3-1-2-4-15(14)17(21)23/h1-6,8,13H,7,9,20H2/t13-/m0/s1. The van der Waals surface area contributed by atoms with Crippen LogP contribution in [0.15, 0.2) is 42.5 Å². The van der Waals surface area contributed by atoms with E-state index in [0.717, 1.165) is 11.0 Å². The van der Waals surface area contributed by atoms with Gasteiger partial charge in [-0.1, -0.05) is 12.1 Å². The summed E-state index contributed by atoms with van der Waals surface area (Å²) < 4.78 is 26.4. The Kier molecular flexibility index (Phi) is 3.92. The Labute approximate surface area is 131 Å². The van der Waals surface area contributed by atoms with Gasteiger partial charge in [0.25, 0.3) is 11.8 Å². The fraction of sp³-hybridized carbons (Fsp3) is 0.176. The zero-order chi connectivity index (χ0) is 16.6. The van der Waals surface area contributed by atoms with Gasteiger partial charge in [0.2, 0.25) is 0 Å². The largest absolute Gasteiger partial charge is 0.326 e. The molecule has 1 heterocycles. The number of imide groups is 1. The molecule has 0 unspecified atom stereocenters. The number of hydrogen-bond acceptors (Lipinski definition) is 3. The highest BCUT2D eigenvalue weighted by Crippen LogP contribution is 2.22. The van der Waals surface area contributed by atoms with Gasteiger partial charge in [0, 0.05) is 18.7 Å². The lowest BCUT2D eigenvalue weighted by molar-refractivity contribution is 0.0644. The minimum absolute atomic E-state index is 0.00945. The van der Waals surface area contributed by atoms with E-state index in [-0.39, 0.29) is 13.0 Å². The van der Waals surface area contributed by atoms with Gasteiger partial charge in [-0.2, -0.15) is 0 Å². The highest BCUT2D eigenvalue weighted by molar-refractivity contribution is 6.21. The third-order valence-electron chi connectivity index (χ3n) is 3.72. The minimum atomic E-state index is -0.687. The fourth-order valence-electron chi connectivity index (χ4n) is 2.74. The number of fused-ring (bicyclic) bond motifs is 1. The third-order valence-corrected chi connectivity index (χ3v) is 3.72. The van der Waals surface area contributed by atoms with E-state index in [9.17, 15) is 18.4 Å². The van der Waals surface area contributed by atoms with Crippen molar-refractivity contribution in [3.63, 3.8) is 0 Å². The molecule has 2 aromatic rings. The summed E-state index contributed by atoms with van der Waals surface area (Å²) in [4.78, 5) is 25.5. The fourth-order valence-corrected chi connectivity index (χ4v) is 2.74. The van der Waals surface area contributed by atoms with Crippen molar-refractivity contribution in [2.45, 2.75) is 12.5 Å². The number of halogens is 2. The monoisotopic (exact) mass is 316 g/mol. The second-order valence-corrected chi connectivity index (χ2v) is 5.51. The molecule has 0 spiro atoms. The van der Waals surface area contributed by atoms with Gasteiger partial charge in [0.05, 0.1) is 11.1 Å². The number of carbonyl (C=O) groups is 2. The number of nitrogens with zero attached hydrogens (tertiary/aromatic N) is 1. The van der Waals surface area contributed by atoms with Gasteiger partial charge < -0.3 is 5.73 Å². The molecule has 4 nitrogen and oxygen atoms in total. The van der Waals surface area contributed by atoms with Crippen molar-refractivity contribution < 1.29 is 18.4 Å². The van der Waals surface area contributed by atoms with Crippen LogP contribution >= 0.6 is 0 Å². The molecule has 1 atom stereocenters. The maximum Gasteiger partial charge on any atom is 0.261 e. The molecule has 0 bridgehead atoms. The van der Waals surface area contributed by atoms with Crippen LogP contribution in [0, 0.1) is 11.6 Å². The van der Waals surface area contributed by atoms with E-state index in [0.29, 0.717) is 16.7 Å². The van der Waals surface area contributed by atoms with Crippen LogP contribution in [0.5, 0.6) is 0 Å². The van der Waals surface area contributed by atoms with Crippen molar-refractivity contribution in [2.75, 3.05) is 6.54 Å². The molecule has 2 aromatic carbocycles. The van der Waals surface area contributed by atoms with E-state index in [4.69, 9.17) is 5.73 Å². The average Bonchev–Trinajstić information content (AvgIpc) is 2.72. The number of rotatable bonds is 4. The predicted molar refractivity (Wildman–Crippen MR) is 79.8 cm³/mol. The van der Waals surface area contributed by atoms with Gasteiger partial charge in [-0.05, 0) is 36.2 Å². The van der Waals surface area contributed by atoms with Crippen LogP contribution in [-0.4, -0.2) is 29.3 Å². The first-order valence-corrected chi connectivity index (χ1v) is 7.11. The van der Waals surface area contributed by atoms with Crippen molar-refractivity contribution in [3.8, 4) is 0 Å². The molecule has 0 fully saturated rings. The lowest BCUT2D eigenvalue weighted by Crippen LogP contribution is -2.41. The number of nitrogens with two attached hydrogens (primary N) is 1. The molecule has 0 aromatic heterocycles. The molecule has 6 heteroatoms. The van der Waals surface area contributed by atoms with Crippen molar-refractivity contribution in [1.29, 1.82) is 0 Å². The smallest absolute Gasteiger partial charge is 0.261 e. The summed E-state index contributed by atoms with van der Waals surface area (Å²) in [5.74, 6) is -2.17. The summed E-state index contributed by atoms with van der Waals surface area (Å²) in [6, 6.07) is 9.08. The van der Waals surface area contributed by atoms with Crippen LogP contribution in [0.25, 0.3) is 0 Å². The first-order valence-electron chi connectivity index (χ1n) is 7.11. The van der Waals surface area contributed by atoms with Crippen LogP contribution < -0.4 is 5.73 Å². The minimum Gasteiger partial charge on any atom is -0.326 e. The van der Waals surface area contributed by atoms with Gasteiger partial charge in [-0.25, -0.2) is 8.78 Å². The zero-order valence-corrected chi connectivity index (χ0v) is 12.1. The molecule has 0 radical (unpaired) electrons.